The summed E-state index contributed by atoms with van der Waals surface area (Å²) in [6, 6.07) is 3.15. The lowest BCUT2D eigenvalue weighted by Gasteiger charge is -2.32. The van der Waals surface area contributed by atoms with Crippen LogP contribution in [0.5, 0.6) is 0 Å². The number of hydrogen-bond acceptors (Lipinski definition) is 11. The molecule has 0 amide bonds. The van der Waals surface area contributed by atoms with Gasteiger partial charge in [-0.3, -0.25) is 13.7 Å². The first-order chi connectivity index (χ1) is 16.5. The zero-order chi connectivity index (χ0) is 27.0. The van der Waals surface area contributed by atoms with E-state index in [1.165, 1.54) is 6.20 Å². The molecule has 1 rings (SSSR count). The summed E-state index contributed by atoms with van der Waals surface area (Å²) in [7, 11) is -10.5. The molecule has 0 aliphatic carbocycles. The Bertz CT molecular complexity index is 791. The normalized spacial score (nSPS) is 12.4. The molecule has 16 heteroatoms. The van der Waals surface area contributed by atoms with Crippen molar-refractivity contribution < 1.29 is 40.8 Å². The summed E-state index contributed by atoms with van der Waals surface area (Å²) in [5, 5.41) is 3.17. The van der Waals surface area contributed by atoms with E-state index >= 15 is 0 Å². The van der Waals surface area contributed by atoms with E-state index in [0.29, 0.717) is 23.1 Å². The summed E-state index contributed by atoms with van der Waals surface area (Å²) in [6.45, 7) is 11.6. The maximum atomic E-state index is 13.3. The number of alkyl halides is 1. The van der Waals surface area contributed by atoms with Crippen molar-refractivity contribution in [3.63, 3.8) is 0 Å². The van der Waals surface area contributed by atoms with Gasteiger partial charge in [-0.25, -0.2) is 4.98 Å². The Balaban J connectivity index is 0.000000972. The van der Waals surface area contributed by atoms with Crippen LogP contribution in [-0.2, 0) is 40.8 Å². The van der Waals surface area contributed by atoms with Gasteiger partial charge in [0, 0.05) is 0 Å². The van der Waals surface area contributed by atoms with Crippen LogP contribution in [0.2, 0.25) is 5.15 Å². The molecule has 0 aliphatic heterocycles. The highest BCUT2D eigenvalue weighted by atomic mass is 127. The highest BCUT2D eigenvalue weighted by Gasteiger charge is 2.51. The van der Waals surface area contributed by atoms with E-state index in [4.69, 9.17) is 38.7 Å². The number of nitrogens with zero attached hydrogens (tertiary/aromatic N) is 1. The zero-order valence-electron chi connectivity index (χ0n) is 21.0. The number of aromatic nitrogens is 1. The predicted octanol–water partition coefficient (Wildman–Crippen LogP) is 7.61. The minimum Gasteiger partial charge on any atom is -0.360 e. The zero-order valence-corrected chi connectivity index (χ0v) is 26.6. The van der Waals surface area contributed by atoms with Gasteiger partial charge in [-0.15, -0.1) is 0 Å². The van der Waals surface area contributed by atoms with E-state index in [0.717, 1.165) is 0 Å². The van der Waals surface area contributed by atoms with Crippen molar-refractivity contribution in [2.24, 2.45) is 0 Å². The number of hydrogen-bond donors (Lipinski definition) is 1. The molecule has 0 aromatic carbocycles. The summed E-state index contributed by atoms with van der Waals surface area (Å²) in [4.78, 5) is 3.94. The largest absolute Gasteiger partial charge is 0.365 e. The molecule has 0 radical (unpaired) electrons. The lowest BCUT2D eigenvalue weighted by molar-refractivity contribution is 0.198. The Kier molecular flexibility index (Phi) is 18.9. The molecule has 1 aromatic rings. The SMILES string of the molecule is CCOP(=O)(CI)OCC.CCOP(=O)(OCC)C(Nc1ccc(Cl)nc1)P(=O)(OCC)OCC. The molecule has 0 unspecified atom stereocenters. The average molecular weight is 693 g/mol. The van der Waals surface area contributed by atoms with Crippen molar-refractivity contribution in [1.82, 2.24) is 4.98 Å². The third-order valence-corrected chi connectivity index (χ3v) is 13.6. The van der Waals surface area contributed by atoms with Gasteiger partial charge in [0.25, 0.3) is 0 Å². The highest BCUT2D eigenvalue weighted by molar-refractivity contribution is 14.1. The van der Waals surface area contributed by atoms with Crippen LogP contribution in [0.1, 0.15) is 41.5 Å². The Morgan fingerprint density at radius 1 is 0.800 bits per heavy atom. The summed E-state index contributed by atoms with van der Waals surface area (Å²) >= 11 is 7.78. The minimum absolute atomic E-state index is 0.104. The van der Waals surface area contributed by atoms with E-state index in [1.807, 2.05) is 22.6 Å². The van der Waals surface area contributed by atoms with Crippen LogP contribution in [0.3, 0.4) is 0 Å². The monoisotopic (exact) mass is 692 g/mol. The molecular weight excluding hydrogens is 655 g/mol. The maximum Gasteiger partial charge on any atom is 0.365 e. The van der Waals surface area contributed by atoms with E-state index in [1.54, 1.807) is 53.7 Å². The standard InChI is InChI=1S/C14H25ClN2O6P2.C5H12IO3P/c1-5-20-24(18,21-6-2)14(25(19,22-7-3)23-8-4)17-12-9-10-13(15)16-11-12;1-3-8-10(7,5-6)9-4-2/h9-11,14,17H,5-8H2,1-4H3;3-5H2,1-2H3. The third kappa shape index (κ3) is 12.7. The molecule has 0 saturated carbocycles. The van der Waals surface area contributed by atoms with Crippen LogP contribution >= 0.6 is 57.0 Å². The van der Waals surface area contributed by atoms with Crippen molar-refractivity contribution in [3.05, 3.63) is 23.5 Å². The van der Waals surface area contributed by atoms with Gasteiger partial charge in [-0.2, -0.15) is 0 Å². The smallest absolute Gasteiger partial charge is 0.360 e. The summed E-state index contributed by atoms with van der Waals surface area (Å²) in [6.07, 6.45) is 1.42. The lowest BCUT2D eigenvalue weighted by atomic mass is 10.4. The Morgan fingerprint density at radius 2 is 1.20 bits per heavy atom. The molecule has 1 heterocycles. The van der Waals surface area contributed by atoms with Gasteiger partial charge >= 0.3 is 22.8 Å². The molecule has 35 heavy (non-hydrogen) atoms. The topological polar surface area (TPSA) is 132 Å². The fourth-order valence-electron chi connectivity index (χ4n) is 2.52. The van der Waals surface area contributed by atoms with Crippen molar-refractivity contribution in [3.8, 4) is 0 Å². The predicted molar refractivity (Wildman–Crippen MR) is 148 cm³/mol. The fraction of sp³-hybridized carbons (Fsp3) is 0.737. The third-order valence-electron chi connectivity index (χ3n) is 3.66. The van der Waals surface area contributed by atoms with Crippen LogP contribution in [0.15, 0.2) is 18.3 Å². The number of nitrogens with one attached hydrogen (secondary N) is 1. The number of anilines is 1. The average Bonchev–Trinajstić information content (AvgIpc) is 2.80. The fourth-order valence-corrected chi connectivity index (χ4v) is 9.76. The van der Waals surface area contributed by atoms with Gasteiger partial charge in [0.1, 0.15) is 9.32 Å². The van der Waals surface area contributed by atoms with E-state index in [9.17, 15) is 13.7 Å². The second-order valence-electron chi connectivity index (χ2n) is 6.20. The molecule has 206 valence electrons. The molecule has 1 aromatic heterocycles. The molecule has 0 fully saturated rings. The first kappa shape index (κ1) is 35.4. The first-order valence-corrected chi connectivity index (χ1v) is 18.0. The Hall–Kier alpha value is 0.420. The Labute approximate surface area is 227 Å². The summed E-state index contributed by atoms with van der Waals surface area (Å²) in [5.74, 6) is 0. The van der Waals surface area contributed by atoms with Crippen LogP contribution in [0.25, 0.3) is 0 Å². The van der Waals surface area contributed by atoms with Gasteiger partial charge in [-0.1, -0.05) is 34.2 Å². The van der Waals surface area contributed by atoms with Gasteiger partial charge in [0.2, 0.25) is 5.52 Å². The van der Waals surface area contributed by atoms with E-state index in [-0.39, 0.29) is 31.6 Å². The number of rotatable bonds is 17. The number of pyridine rings is 1. The van der Waals surface area contributed by atoms with Gasteiger partial charge in [-0.05, 0) is 53.7 Å². The van der Waals surface area contributed by atoms with E-state index in [2.05, 4.69) is 10.3 Å². The lowest BCUT2D eigenvalue weighted by Crippen LogP contribution is -2.25. The second-order valence-corrected chi connectivity index (χ2v) is 15.2. The molecule has 0 atom stereocenters. The van der Waals surface area contributed by atoms with E-state index < -0.39 is 28.3 Å². The molecule has 11 nitrogen and oxygen atoms in total. The van der Waals surface area contributed by atoms with Crippen LogP contribution in [0, 0.1) is 0 Å². The van der Waals surface area contributed by atoms with Crippen molar-refractivity contribution >= 4 is 62.7 Å². The van der Waals surface area contributed by atoms with Crippen molar-refractivity contribution in [2.75, 3.05) is 49.1 Å². The molecule has 0 aliphatic rings. The summed E-state index contributed by atoms with van der Waals surface area (Å²) < 4.78 is 69.7. The van der Waals surface area contributed by atoms with Crippen LogP contribution in [0.4, 0.5) is 5.69 Å². The van der Waals surface area contributed by atoms with Gasteiger partial charge in [0.15, 0.2) is 0 Å². The molecule has 0 spiro atoms. The van der Waals surface area contributed by atoms with Crippen LogP contribution < -0.4 is 5.32 Å². The van der Waals surface area contributed by atoms with Crippen LogP contribution in [-0.4, -0.2) is 54.3 Å². The Morgan fingerprint density at radius 3 is 1.49 bits per heavy atom. The van der Waals surface area contributed by atoms with Gasteiger partial charge < -0.3 is 32.5 Å². The highest BCUT2D eigenvalue weighted by Crippen LogP contribution is 2.70. The van der Waals surface area contributed by atoms with Crippen molar-refractivity contribution in [2.45, 2.75) is 47.1 Å². The minimum atomic E-state index is -3.87. The van der Waals surface area contributed by atoms with Crippen molar-refractivity contribution in [1.29, 1.82) is 0 Å². The molecule has 1 N–H and O–H groups in total. The second kappa shape index (κ2) is 18.6. The maximum absolute atomic E-state index is 13.3. The first-order valence-electron chi connectivity index (χ1n) is 11.1. The quantitative estimate of drug-likeness (QED) is 0.0749. The number of halogens is 2. The van der Waals surface area contributed by atoms with Gasteiger partial charge in [0.05, 0.1) is 51.5 Å². The molecule has 0 saturated heterocycles. The summed E-state index contributed by atoms with van der Waals surface area (Å²) in [5.41, 5.74) is -0.920. The molecular formula is C19H37ClIN2O9P3. The molecule has 0 bridgehead atoms.